The van der Waals surface area contributed by atoms with E-state index >= 15 is 0 Å². The van der Waals surface area contributed by atoms with E-state index in [-0.39, 0.29) is 24.7 Å². The van der Waals surface area contributed by atoms with Gasteiger partial charge in [0.25, 0.3) is 5.91 Å². The molecule has 2 N–H and O–H groups in total. The third-order valence-electron chi connectivity index (χ3n) is 5.77. The number of β-amino-alcohol motifs (C(OH)–C–C–N with tert-alkyl or cyclic N) is 1. The maximum atomic E-state index is 12.8. The number of fused-ring (bicyclic) bond motifs is 1. The van der Waals surface area contributed by atoms with Crippen LogP contribution < -0.4 is 15.0 Å². The lowest BCUT2D eigenvalue weighted by atomic mass is 10.1. The molecular formula is C25H30N4O3. The number of likely N-dealkylation sites (tertiary alicyclic amines) is 1. The van der Waals surface area contributed by atoms with Gasteiger partial charge in [0.15, 0.2) is 6.61 Å². The van der Waals surface area contributed by atoms with Crippen LogP contribution in [0.25, 0.3) is 10.9 Å². The predicted octanol–water partition coefficient (Wildman–Crippen LogP) is 2.60. The van der Waals surface area contributed by atoms with Gasteiger partial charge in [0.2, 0.25) is 0 Å². The molecule has 0 radical (unpaired) electrons. The summed E-state index contributed by atoms with van der Waals surface area (Å²) in [4.78, 5) is 21.5. The van der Waals surface area contributed by atoms with E-state index in [2.05, 4.69) is 15.2 Å². The Balaban J connectivity index is 1.45. The number of nitrogens with one attached hydrogen (secondary N) is 1. The second-order valence-corrected chi connectivity index (χ2v) is 8.40. The first-order valence-corrected chi connectivity index (χ1v) is 10.9. The summed E-state index contributed by atoms with van der Waals surface area (Å²) in [5.41, 5.74) is 2.87. The first-order valence-electron chi connectivity index (χ1n) is 10.9. The van der Waals surface area contributed by atoms with E-state index in [1.165, 1.54) is 0 Å². The molecule has 2 heterocycles. The Labute approximate surface area is 188 Å². The van der Waals surface area contributed by atoms with Crippen molar-refractivity contribution in [2.75, 3.05) is 45.2 Å². The molecule has 2 aromatic carbocycles. The predicted molar refractivity (Wildman–Crippen MR) is 126 cm³/mol. The molecule has 1 fully saturated rings. The number of benzene rings is 2. The van der Waals surface area contributed by atoms with Crippen LogP contribution in [0.15, 0.2) is 60.8 Å². The van der Waals surface area contributed by atoms with Crippen molar-refractivity contribution in [1.29, 1.82) is 0 Å². The molecule has 0 bridgehead atoms. The van der Waals surface area contributed by atoms with Crippen molar-refractivity contribution in [3.63, 3.8) is 0 Å². The summed E-state index contributed by atoms with van der Waals surface area (Å²) < 4.78 is 5.92. The fourth-order valence-corrected chi connectivity index (χ4v) is 4.15. The number of aliphatic hydroxyl groups excluding tert-OH is 1. The van der Waals surface area contributed by atoms with E-state index in [1.807, 2.05) is 73.6 Å². The molecule has 1 aliphatic heterocycles. The van der Waals surface area contributed by atoms with Gasteiger partial charge in [-0.05, 0) is 36.2 Å². The smallest absolute Gasteiger partial charge is 0.258 e. The Morgan fingerprint density at radius 1 is 1.22 bits per heavy atom. The summed E-state index contributed by atoms with van der Waals surface area (Å²) in [5.74, 6) is 0.445. The van der Waals surface area contributed by atoms with Crippen molar-refractivity contribution in [3.05, 3.63) is 66.4 Å². The van der Waals surface area contributed by atoms with Crippen molar-refractivity contribution in [2.45, 2.75) is 18.6 Å². The molecule has 0 saturated carbocycles. The van der Waals surface area contributed by atoms with E-state index in [9.17, 15) is 9.90 Å². The van der Waals surface area contributed by atoms with Crippen LogP contribution in [0.1, 0.15) is 18.0 Å². The Morgan fingerprint density at radius 3 is 2.75 bits per heavy atom. The summed E-state index contributed by atoms with van der Waals surface area (Å²) in [6.07, 6.45) is 2.23. The quantitative estimate of drug-likeness (QED) is 0.568. The van der Waals surface area contributed by atoms with Crippen molar-refractivity contribution < 1.29 is 14.6 Å². The fourth-order valence-electron chi connectivity index (χ4n) is 4.15. The molecule has 168 valence electrons. The largest absolute Gasteiger partial charge is 0.483 e. The monoisotopic (exact) mass is 434 g/mol. The third kappa shape index (κ3) is 5.18. The summed E-state index contributed by atoms with van der Waals surface area (Å²) in [6, 6.07) is 17.4. The number of hydrogen-bond acceptors (Lipinski definition) is 6. The number of carbonyl (C=O) groups is 1. The fraction of sp³-hybridized carbons (Fsp3) is 0.360. The molecule has 0 aliphatic carbocycles. The zero-order valence-corrected chi connectivity index (χ0v) is 18.6. The molecule has 32 heavy (non-hydrogen) atoms. The van der Waals surface area contributed by atoms with Crippen LogP contribution >= 0.6 is 0 Å². The minimum atomic E-state index is -0.294. The van der Waals surface area contributed by atoms with Gasteiger partial charge in [-0.3, -0.25) is 14.7 Å². The maximum absolute atomic E-state index is 12.8. The van der Waals surface area contributed by atoms with E-state index in [4.69, 9.17) is 4.74 Å². The summed E-state index contributed by atoms with van der Waals surface area (Å²) in [6.45, 7) is 2.02. The highest BCUT2D eigenvalue weighted by Crippen LogP contribution is 2.31. The summed E-state index contributed by atoms with van der Waals surface area (Å²) >= 11 is 0. The SMILES string of the molecule is CN(C)c1ccc(OCC(=O)N[C@H](CN2CC[C@H](O)C2)c2ccccc2)c2cccnc12. The van der Waals surface area contributed by atoms with Gasteiger partial charge in [0.05, 0.1) is 23.3 Å². The molecule has 7 heteroatoms. The van der Waals surface area contributed by atoms with E-state index in [1.54, 1.807) is 6.20 Å². The number of nitrogens with zero attached hydrogens (tertiary/aromatic N) is 3. The van der Waals surface area contributed by atoms with Gasteiger partial charge in [-0.25, -0.2) is 0 Å². The lowest BCUT2D eigenvalue weighted by Crippen LogP contribution is -2.39. The van der Waals surface area contributed by atoms with Gasteiger partial charge >= 0.3 is 0 Å². The molecule has 0 spiro atoms. The first kappa shape index (κ1) is 22.0. The lowest BCUT2D eigenvalue weighted by molar-refractivity contribution is -0.124. The highest BCUT2D eigenvalue weighted by molar-refractivity contribution is 5.95. The Bertz CT molecular complexity index is 1060. The summed E-state index contributed by atoms with van der Waals surface area (Å²) in [5, 5.41) is 13.8. The van der Waals surface area contributed by atoms with Crippen molar-refractivity contribution in [3.8, 4) is 5.75 Å². The Hall–Kier alpha value is -3.16. The Morgan fingerprint density at radius 2 is 2.03 bits per heavy atom. The molecule has 1 saturated heterocycles. The first-order chi connectivity index (χ1) is 15.5. The molecule has 0 unspecified atom stereocenters. The molecule has 4 rings (SSSR count). The molecule has 3 aromatic rings. The third-order valence-corrected chi connectivity index (χ3v) is 5.77. The number of pyridine rings is 1. The molecule has 1 amide bonds. The number of ether oxygens (including phenoxy) is 1. The molecule has 7 nitrogen and oxygen atoms in total. The minimum Gasteiger partial charge on any atom is -0.483 e. The van der Waals surface area contributed by atoms with Crippen LogP contribution in [0.2, 0.25) is 0 Å². The van der Waals surface area contributed by atoms with Crippen LogP contribution in [0.5, 0.6) is 5.75 Å². The Kier molecular flexibility index (Phi) is 6.87. The highest BCUT2D eigenvalue weighted by atomic mass is 16.5. The molecule has 2 atom stereocenters. The second kappa shape index (κ2) is 9.97. The van der Waals surface area contributed by atoms with Gasteiger partial charge in [-0.15, -0.1) is 0 Å². The number of aromatic nitrogens is 1. The lowest BCUT2D eigenvalue weighted by Gasteiger charge is -2.25. The number of aliphatic hydroxyl groups is 1. The normalized spacial score (nSPS) is 17.3. The van der Waals surface area contributed by atoms with Gasteiger partial charge in [0.1, 0.15) is 5.75 Å². The maximum Gasteiger partial charge on any atom is 0.258 e. The van der Waals surface area contributed by atoms with Crippen LogP contribution in [0.4, 0.5) is 5.69 Å². The van der Waals surface area contributed by atoms with E-state index in [0.29, 0.717) is 18.8 Å². The van der Waals surface area contributed by atoms with E-state index < -0.39 is 0 Å². The van der Waals surface area contributed by atoms with Crippen molar-refractivity contribution in [1.82, 2.24) is 15.2 Å². The van der Waals surface area contributed by atoms with Gasteiger partial charge in [0, 0.05) is 45.3 Å². The zero-order valence-electron chi connectivity index (χ0n) is 18.6. The number of hydrogen-bond donors (Lipinski definition) is 2. The molecule has 1 aliphatic rings. The van der Waals surface area contributed by atoms with Gasteiger partial charge < -0.3 is 20.1 Å². The van der Waals surface area contributed by atoms with Crippen LogP contribution in [0, 0.1) is 0 Å². The van der Waals surface area contributed by atoms with Crippen LogP contribution in [-0.2, 0) is 4.79 Å². The van der Waals surface area contributed by atoms with Gasteiger partial charge in [-0.1, -0.05) is 30.3 Å². The summed E-state index contributed by atoms with van der Waals surface area (Å²) in [7, 11) is 3.95. The average Bonchev–Trinajstić information content (AvgIpc) is 3.22. The number of anilines is 1. The van der Waals surface area contributed by atoms with E-state index in [0.717, 1.165) is 35.1 Å². The molecule has 1 aromatic heterocycles. The topological polar surface area (TPSA) is 77.9 Å². The second-order valence-electron chi connectivity index (χ2n) is 8.40. The number of carbonyl (C=O) groups excluding carboxylic acids is 1. The number of rotatable bonds is 8. The zero-order chi connectivity index (χ0) is 22.5. The average molecular weight is 435 g/mol. The minimum absolute atomic E-state index is 0.0860. The van der Waals surface area contributed by atoms with Crippen molar-refractivity contribution >= 4 is 22.5 Å². The van der Waals surface area contributed by atoms with Crippen LogP contribution in [0.3, 0.4) is 0 Å². The number of amides is 1. The standard InChI is InChI=1S/C25H30N4O3/c1-28(2)22-10-11-23(20-9-6-13-26-25(20)22)32-17-24(31)27-21(18-7-4-3-5-8-18)16-29-14-12-19(30)15-29/h3-11,13,19,21,30H,12,14-17H2,1-2H3,(H,27,31)/t19-,21+/m0/s1. The van der Waals surface area contributed by atoms with Gasteiger partial charge in [-0.2, -0.15) is 0 Å². The molecular weight excluding hydrogens is 404 g/mol. The van der Waals surface area contributed by atoms with Crippen LogP contribution in [-0.4, -0.2) is 67.3 Å². The highest BCUT2D eigenvalue weighted by Gasteiger charge is 2.25. The van der Waals surface area contributed by atoms with Crippen molar-refractivity contribution in [2.24, 2.45) is 0 Å².